The van der Waals surface area contributed by atoms with Gasteiger partial charge in [0.15, 0.2) is 0 Å². The molecule has 14 nitrogen and oxygen atoms in total. The van der Waals surface area contributed by atoms with Crippen molar-refractivity contribution in [1.82, 2.24) is 24.8 Å². The molecule has 2 aromatic rings. The minimum atomic E-state index is -4.02. The molecule has 15 heteroatoms. The highest BCUT2D eigenvalue weighted by molar-refractivity contribution is 7.91. The highest BCUT2D eigenvalue weighted by atomic mass is 32.2. The molecule has 3 aliphatic heterocycles. The molecule has 342 valence electrons. The van der Waals surface area contributed by atoms with Crippen molar-refractivity contribution in [3.8, 4) is 11.5 Å². The summed E-state index contributed by atoms with van der Waals surface area (Å²) in [4.78, 5) is 66.8. The Morgan fingerprint density at radius 1 is 1.06 bits per heavy atom. The number of hydrogen-bond acceptors (Lipinski definition) is 9. The zero-order chi connectivity index (χ0) is 44.6. The third kappa shape index (κ3) is 8.06. The molecule has 4 saturated carbocycles. The molecule has 5 fully saturated rings. The van der Waals surface area contributed by atoms with E-state index in [0.717, 1.165) is 60.7 Å². The molecule has 1 aromatic heterocycles. The highest BCUT2D eigenvalue weighted by Crippen LogP contribution is 2.52. The molecule has 8 atom stereocenters. The number of hydrogen-bond donors (Lipinski definition) is 3. The predicted octanol–water partition coefficient (Wildman–Crippen LogP) is 6.99. The SMILES string of the molecule is COc1ccc2c3c(c(C4CC4)nc2c1)O[C@]1(CC3)C[C@H]2C(=O)N[C@]3(C(=O)NS(=O)(=O)C4(C)CC4)C[C@H]3/C=C\CCCCC[C@H](N(C(=O)O)[C@@H]3C[C@H](C)CC[C@H]3C(C)C)C(=O)N2C1. The highest BCUT2D eigenvalue weighted by Gasteiger charge is 2.64. The number of allylic oxidation sites excluding steroid dienone is 1. The van der Waals surface area contributed by atoms with Gasteiger partial charge in [-0.25, -0.2) is 18.2 Å². The first-order valence-corrected chi connectivity index (χ1v) is 25.0. The van der Waals surface area contributed by atoms with E-state index in [0.29, 0.717) is 62.9 Å². The van der Waals surface area contributed by atoms with Crippen LogP contribution in [0.3, 0.4) is 0 Å². The fourth-order valence-corrected chi connectivity index (χ4v) is 12.7. The summed E-state index contributed by atoms with van der Waals surface area (Å²) in [6.07, 6.45) is 12.6. The standard InChI is InChI=1S/C48H65N5O9S/c1-28(2)33-17-13-29(3)23-38(33)53(45(57)58)37-12-10-8-6-7-9-11-31-25-48(31,44(56)51-63(59,60)46(4)21-22-46)50-42(54)39-26-47(27-52(39)43(37)55)20-19-35-34-18-16-32(61-5)24-36(34)49-40(30-14-15-30)41(35)62-47/h9,11,16,18,24,28-31,33,37-39H,6-8,10,12-15,17,19-23,25-27H2,1-5H3,(H,50,54)(H,51,56)(H,57,58)/b11-9-/t29-,31-,33+,37+,38-,39+,47-,48-/m1/s1. The number of pyridine rings is 1. The summed E-state index contributed by atoms with van der Waals surface area (Å²) in [5, 5.41) is 15.2. The first-order chi connectivity index (χ1) is 30.0. The average molecular weight is 888 g/mol. The molecule has 4 aliphatic carbocycles. The number of benzene rings is 1. The number of carboxylic acid groups (broad SMARTS) is 1. The van der Waals surface area contributed by atoms with Gasteiger partial charge in [-0.1, -0.05) is 52.2 Å². The van der Waals surface area contributed by atoms with Crippen LogP contribution in [0, 0.1) is 23.7 Å². The molecule has 9 rings (SSSR count). The Bertz CT molecular complexity index is 2330. The molecule has 7 aliphatic rings. The Kier molecular flexibility index (Phi) is 11.3. The third-order valence-corrected chi connectivity index (χ3v) is 18.0. The molecular weight excluding hydrogens is 823 g/mol. The van der Waals surface area contributed by atoms with Gasteiger partial charge in [-0.3, -0.25) is 24.0 Å². The predicted molar refractivity (Wildman–Crippen MR) is 237 cm³/mol. The second-order valence-corrected chi connectivity index (χ2v) is 23.0. The van der Waals surface area contributed by atoms with Crippen molar-refractivity contribution >= 4 is 44.7 Å². The number of aryl methyl sites for hydroxylation is 1. The van der Waals surface area contributed by atoms with E-state index in [1.165, 1.54) is 4.90 Å². The van der Waals surface area contributed by atoms with Crippen LogP contribution < -0.4 is 19.5 Å². The molecule has 1 aromatic carbocycles. The van der Waals surface area contributed by atoms with E-state index >= 15 is 9.59 Å². The van der Waals surface area contributed by atoms with Crippen molar-refractivity contribution in [3.05, 3.63) is 41.6 Å². The van der Waals surface area contributed by atoms with E-state index in [1.807, 2.05) is 30.4 Å². The Hall–Kier alpha value is -4.40. The molecular formula is C48H65N5O9S. The number of rotatable bonds is 8. The molecule has 1 saturated heterocycles. The lowest BCUT2D eigenvalue weighted by Crippen LogP contribution is -2.61. The Morgan fingerprint density at radius 3 is 2.54 bits per heavy atom. The number of carbonyl (C=O) groups excluding carboxylic acids is 3. The van der Waals surface area contributed by atoms with Gasteiger partial charge in [-0.15, -0.1) is 0 Å². The van der Waals surface area contributed by atoms with Crippen molar-refractivity contribution in [2.45, 2.75) is 170 Å². The summed E-state index contributed by atoms with van der Waals surface area (Å²) >= 11 is 0. The number of methoxy groups -OCH3 is 1. The topological polar surface area (TPSA) is 185 Å². The first kappa shape index (κ1) is 43.8. The Labute approximate surface area is 371 Å². The van der Waals surface area contributed by atoms with E-state index in [4.69, 9.17) is 14.5 Å². The fraction of sp³-hybridized carbons (Fsp3) is 0.688. The maximum absolute atomic E-state index is 15.6. The maximum Gasteiger partial charge on any atom is 0.408 e. The maximum atomic E-state index is 15.6. The van der Waals surface area contributed by atoms with Crippen LogP contribution in [0.2, 0.25) is 0 Å². The number of amides is 4. The number of carbonyl (C=O) groups is 4. The summed E-state index contributed by atoms with van der Waals surface area (Å²) in [6, 6.07) is 3.32. The van der Waals surface area contributed by atoms with Gasteiger partial charge in [0.2, 0.25) is 21.8 Å². The van der Waals surface area contributed by atoms with Crippen LogP contribution in [0.25, 0.3) is 10.9 Å². The van der Waals surface area contributed by atoms with Crippen molar-refractivity contribution in [3.63, 3.8) is 0 Å². The van der Waals surface area contributed by atoms with Gasteiger partial charge >= 0.3 is 6.09 Å². The minimum Gasteiger partial charge on any atom is -0.497 e. The van der Waals surface area contributed by atoms with E-state index in [-0.39, 0.29) is 49.1 Å². The van der Waals surface area contributed by atoms with Crippen LogP contribution in [-0.4, -0.2) is 99.8 Å². The fourth-order valence-electron chi connectivity index (χ4n) is 11.4. The number of nitrogens with one attached hydrogen (secondary N) is 2. The van der Waals surface area contributed by atoms with Crippen molar-refractivity contribution in [1.29, 1.82) is 0 Å². The number of ether oxygens (including phenoxy) is 2. The van der Waals surface area contributed by atoms with E-state index < -0.39 is 67.7 Å². The van der Waals surface area contributed by atoms with Crippen molar-refractivity contribution < 1.29 is 42.2 Å². The number of nitrogens with zero attached hydrogens (tertiary/aromatic N) is 3. The monoisotopic (exact) mass is 887 g/mol. The van der Waals surface area contributed by atoms with E-state index in [1.54, 1.807) is 18.9 Å². The molecule has 4 heterocycles. The quantitative estimate of drug-likeness (QED) is 0.234. The molecule has 4 amide bonds. The number of aromatic nitrogens is 1. The van der Waals surface area contributed by atoms with Gasteiger partial charge in [0.05, 0.1) is 29.6 Å². The lowest BCUT2D eigenvalue weighted by atomic mass is 9.73. The van der Waals surface area contributed by atoms with Gasteiger partial charge in [0.25, 0.3) is 5.91 Å². The van der Waals surface area contributed by atoms with Crippen LogP contribution in [0.15, 0.2) is 30.4 Å². The zero-order valence-electron chi connectivity index (χ0n) is 37.5. The summed E-state index contributed by atoms with van der Waals surface area (Å²) in [5.41, 5.74) is 0.174. The van der Waals surface area contributed by atoms with Crippen LogP contribution in [0.1, 0.15) is 141 Å². The van der Waals surface area contributed by atoms with Crippen molar-refractivity contribution in [2.24, 2.45) is 23.7 Å². The average Bonchev–Trinajstić information content (AvgIpc) is 4.18. The van der Waals surface area contributed by atoms with E-state index in [2.05, 4.69) is 30.8 Å². The van der Waals surface area contributed by atoms with Gasteiger partial charge in [0, 0.05) is 41.3 Å². The second kappa shape index (κ2) is 16.2. The van der Waals surface area contributed by atoms with Crippen LogP contribution in [0.5, 0.6) is 11.5 Å². The minimum absolute atomic E-state index is 0.0437. The Balaban J connectivity index is 1.11. The number of sulfonamides is 1. The third-order valence-electron chi connectivity index (χ3n) is 15.9. The molecule has 0 radical (unpaired) electrons. The largest absolute Gasteiger partial charge is 0.497 e. The summed E-state index contributed by atoms with van der Waals surface area (Å²) in [6.45, 7) is 8.06. The van der Waals surface area contributed by atoms with Gasteiger partial charge in [-0.05, 0) is 114 Å². The lowest BCUT2D eigenvalue weighted by molar-refractivity contribution is -0.145. The van der Waals surface area contributed by atoms with Crippen LogP contribution >= 0.6 is 0 Å². The summed E-state index contributed by atoms with van der Waals surface area (Å²) in [7, 11) is -2.39. The molecule has 3 N–H and O–H groups in total. The molecule has 63 heavy (non-hydrogen) atoms. The van der Waals surface area contributed by atoms with E-state index in [9.17, 15) is 23.1 Å². The van der Waals surface area contributed by atoms with Crippen molar-refractivity contribution in [2.75, 3.05) is 13.7 Å². The first-order valence-electron chi connectivity index (χ1n) is 23.6. The molecule has 0 bridgehead atoms. The normalized spacial score (nSPS) is 33.5. The van der Waals surface area contributed by atoms with Gasteiger partial charge < -0.3 is 24.8 Å². The second-order valence-electron chi connectivity index (χ2n) is 20.8. The van der Waals surface area contributed by atoms with Crippen LogP contribution in [-0.2, 0) is 30.8 Å². The molecule has 1 spiro atoms. The summed E-state index contributed by atoms with van der Waals surface area (Å²) < 4.78 is 40.8. The summed E-state index contributed by atoms with van der Waals surface area (Å²) in [5.74, 6) is -0.0630. The zero-order valence-corrected chi connectivity index (χ0v) is 38.3. The van der Waals surface area contributed by atoms with Crippen LogP contribution in [0.4, 0.5) is 4.79 Å². The number of fused-ring (bicyclic) bond motifs is 5. The lowest BCUT2D eigenvalue weighted by Gasteiger charge is -2.46. The molecule has 0 unspecified atom stereocenters. The van der Waals surface area contributed by atoms with Gasteiger partial charge in [-0.2, -0.15) is 0 Å². The van der Waals surface area contributed by atoms with Gasteiger partial charge in [0.1, 0.15) is 34.7 Å². The Morgan fingerprint density at radius 2 is 1.84 bits per heavy atom. The smallest absolute Gasteiger partial charge is 0.408 e.